The molecule has 0 saturated heterocycles. The molecule has 0 amide bonds. The minimum atomic E-state index is 0.230. The fourth-order valence-corrected chi connectivity index (χ4v) is 0.890. The Kier molecular flexibility index (Phi) is 8.15. The highest BCUT2D eigenvalue weighted by atomic mass is 15.5. The maximum atomic E-state index is 5.84. The molecule has 0 aromatic carbocycles. The average Bonchev–Trinajstić information content (AvgIpc) is 2.30. The summed E-state index contributed by atoms with van der Waals surface area (Å²) in [6.07, 6.45) is 7.24. The highest BCUT2D eigenvalue weighted by molar-refractivity contribution is 5.90. The second kappa shape index (κ2) is 8.91. The molecule has 92 valence electrons. The van der Waals surface area contributed by atoms with Gasteiger partial charge in [-0.1, -0.05) is 19.9 Å². The first-order chi connectivity index (χ1) is 7.65. The van der Waals surface area contributed by atoms with E-state index in [9.17, 15) is 0 Å². The zero-order valence-corrected chi connectivity index (χ0v) is 10.6. The molecule has 0 radical (unpaired) electrons. The van der Waals surface area contributed by atoms with Crippen molar-refractivity contribution in [1.29, 1.82) is 0 Å². The standard InChI is InChI=1S/C11H23N5/c1-5-7-8-16(12)11(14-9-13-4)15-10(3)6-2/h7-10H,5-6,12H2,1-4H3,(H,13,14,15)/b8-7-/t10-/m1/s1. The molecule has 0 fully saturated rings. The Morgan fingerprint density at radius 3 is 2.69 bits per heavy atom. The molecule has 0 aromatic heterocycles. The molecule has 5 heteroatoms. The SMILES string of the molecule is CC/C=C\N(N)C(=N[C@H](C)CC)NC=NC. The number of nitrogens with two attached hydrogens (primary N) is 1. The first-order valence-corrected chi connectivity index (χ1v) is 5.61. The van der Waals surface area contributed by atoms with Gasteiger partial charge in [-0.05, 0) is 19.8 Å². The van der Waals surface area contributed by atoms with E-state index >= 15 is 0 Å². The molecular formula is C11H23N5. The summed E-state index contributed by atoms with van der Waals surface area (Å²) in [6, 6.07) is 0.230. The third kappa shape index (κ3) is 6.19. The van der Waals surface area contributed by atoms with Crippen LogP contribution in [0.3, 0.4) is 0 Å². The van der Waals surface area contributed by atoms with Crippen LogP contribution in [0.25, 0.3) is 0 Å². The molecule has 0 rings (SSSR count). The number of allylic oxidation sites excluding steroid dienone is 1. The monoisotopic (exact) mass is 225 g/mol. The summed E-state index contributed by atoms with van der Waals surface area (Å²) in [5.41, 5.74) is 0. The molecule has 0 aliphatic heterocycles. The van der Waals surface area contributed by atoms with Crippen molar-refractivity contribution in [2.45, 2.75) is 39.7 Å². The topological polar surface area (TPSA) is 66.0 Å². The molecule has 0 unspecified atom stereocenters. The van der Waals surface area contributed by atoms with Gasteiger partial charge in [-0.15, -0.1) is 0 Å². The number of hydrazine groups is 1. The van der Waals surface area contributed by atoms with Crippen molar-refractivity contribution in [3.05, 3.63) is 12.3 Å². The molecule has 0 bridgehead atoms. The molecule has 0 saturated carbocycles. The minimum Gasteiger partial charge on any atom is -0.316 e. The van der Waals surface area contributed by atoms with Crippen LogP contribution in [-0.2, 0) is 0 Å². The van der Waals surface area contributed by atoms with E-state index in [4.69, 9.17) is 5.84 Å². The average molecular weight is 225 g/mol. The number of guanidine groups is 1. The van der Waals surface area contributed by atoms with Gasteiger partial charge < -0.3 is 5.32 Å². The summed E-state index contributed by atoms with van der Waals surface area (Å²) in [6.45, 7) is 6.18. The molecule has 16 heavy (non-hydrogen) atoms. The van der Waals surface area contributed by atoms with Gasteiger partial charge in [0.25, 0.3) is 0 Å². The van der Waals surface area contributed by atoms with Gasteiger partial charge in [0, 0.05) is 13.2 Å². The molecule has 5 nitrogen and oxygen atoms in total. The Labute approximate surface area is 98.1 Å². The van der Waals surface area contributed by atoms with Crippen LogP contribution in [0.2, 0.25) is 0 Å². The van der Waals surface area contributed by atoms with Crippen LogP contribution >= 0.6 is 0 Å². The largest absolute Gasteiger partial charge is 0.316 e. The van der Waals surface area contributed by atoms with Crippen LogP contribution in [0.4, 0.5) is 0 Å². The summed E-state index contributed by atoms with van der Waals surface area (Å²) in [5, 5.41) is 4.42. The van der Waals surface area contributed by atoms with E-state index in [0.717, 1.165) is 12.8 Å². The number of nitrogens with zero attached hydrogens (tertiary/aromatic N) is 3. The summed E-state index contributed by atoms with van der Waals surface area (Å²) < 4.78 is 0. The zero-order valence-electron chi connectivity index (χ0n) is 10.6. The second-order valence-electron chi connectivity index (χ2n) is 3.44. The van der Waals surface area contributed by atoms with Crippen LogP contribution in [0.1, 0.15) is 33.6 Å². The highest BCUT2D eigenvalue weighted by Crippen LogP contribution is 1.96. The maximum absolute atomic E-state index is 5.84. The van der Waals surface area contributed by atoms with E-state index in [-0.39, 0.29) is 6.04 Å². The summed E-state index contributed by atoms with van der Waals surface area (Å²) in [4.78, 5) is 8.30. The molecule has 0 heterocycles. The first kappa shape index (κ1) is 14.6. The van der Waals surface area contributed by atoms with E-state index in [1.807, 2.05) is 13.0 Å². The predicted molar refractivity (Wildman–Crippen MR) is 70.2 cm³/mol. The number of hydrogen-bond acceptors (Lipinski definition) is 3. The Morgan fingerprint density at radius 1 is 1.50 bits per heavy atom. The summed E-state index contributed by atoms with van der Waals surface area (Å²) in [5.74, 6) is 6.44. The Morgan fingerprint density at radius 2 is 2.19 bits per heavy atom. The number of hydrogen-bond donors (Lipinski definition) is 2. The van der Waals surface area contributed by atoms with Gasteiger partial charge in [0.05, 0.1) is 12.4 Å². The van der Waals surface area contributed by atoms with Gasteiger partial charge in [-0.2, -0.15) is 0 Å². The van der Waals surface area contributed by atoms with Crippen molar-refractivity contribution in [3.63, 3.8) is 0 Å². The highest BCUT2D eigenvalue weighted by Gasteiger charge is 2.04. The first-order valence-electron chi connectivity index (χ1n) is 5.61. The molecule has 0 spiro atoms. The van der Waals surface area contributed by atoms with Crippen molar-refractivity contribution >= 4 is 12.3 Å². The van der Waals surface area contributed by atoms with Crippen molar-refractivity contribution in [2.24, 2.45) is 15.8 Å². The zero-order chi connectivity index (χ0) is 12.4. The lowest BCUT2D eigenvalue weighted by atomic mass is 10.3. The van der Waals surface area contributed by atoms with Gasteiger partial charge in [0.15, 0.2) is 0 Å². The van der Waals surface area contributed by atoms with Crippen molar-refractivity contribution in [3.8, 4) is 0 Å². The van der Waals surface area contributed by atoms with E-state index in [2.05, 4.69) is 29.1 Å². The predicted octanol–water partition coefficient (Wildman–Crippen LogP) is 1.49. The van der Waals surface area contributed by atoms with Crippen LogP contribution < -0.4 is 11.2 Å². The number of rotatable bonds is 5. The van der Waals surface area contributed by atoms with E-state index < -0.39 is 0 Å². The number of nitrogens with one attached hydrogen (secondary N) is 1. The van der Waals surface area contributed by atoms with Gasteiger partial charge in [-0.3, -0.25) is 10.0 Å². The fraction of sp³-hybridized carbons (Fsp3) is 0.636. The van der Waals surface area contributed by atoms with Gasteiger partial charge >= 0.3 is 0 Å². The van der Waals surface area contributed by atoms with Crippen molar-refractivity contribution in [1.82, 2.24) is 10.3 Å². The molecule has 1 atom stereocenters. The molecule has 0 aliphatic carbocycles. The van der Waals surface area contributed by atoms with E-state index in [1.54, 1.807) is 19.6 Å². The third-order valence-corrected chi connectivity index (χ3v) is 2.00. The Balaban J connectivity index is 4.64. The number of aliphatic imine (C=N–C) groups is 2. The van der Waals surface area contributed by atoms with Crippen molar-refractivity contribution < 1.29 is 0 Å². The molecule has 0 aromatic rings. The summed E-state index contributed by atoms with van der Waals surface area (Å²) >= 11 is 0. The second-order valence-corrected chi connectivity index (χ2v) is 3.44. The maximum Gasteiger partial charge on any atom is 0.218 e. The molecule has 0 aliphatic rings. The van der Waals surface area contributed by atoms with E-state index in [1.165, 1.54) is 5.01 Å². The Bertz CT molecular complexity index is 257. The minimum absolute atomic E-state index is 0.230. The Hall–Kier alpha value is -1.36. The van der Waals surface area contributed by atoms with Gasteiger partial charge in [0.2, 0.25) is 5.96 Å². The van der Waals surface area contributed by atoms with E-state index in [0.29, 0.717) is 5.96 Å². The normalized spacial score (nSPS) is 14.7. The van der Waals surface area contributed by atoms with Crippen LogP contribution in [0.5, 0.6) is 0 Å². The van der Waals surface area contributed by atoms with Gasteiger partial charge in [-0.25, -0.2) is 10.8 Å². The summed E-state index contributed by atoms with van der Waals surface area (Å²) in [7, 11) is 1.69. The van der Waals surface area contributed by atoms with Gasteiger partial charge in [0.1, 0.15) is 0 Å². The lowest BCUT2D eigenvalue weighted by Crippen LogP contribution is -2.42. The fourth-order valence-electron chi connectivity index (χ4n) is 0.890. The van der Waals surface area contributed by atoms with Crippen molar-refractivity contribution in [2.75, 3.05) is 7.05 Å². The third-order valence-electron chi connectivity index (χ3n) is 2.00. The van der Waals surface area contributed by atoms with Crippen LogP contribution in [0.15, 0.2) is 22.3 Å². The molecular weight excluding hydrogens is 202 g/mol. The quantitative estimate of drug-likeness (QED) is 0.322. The molecule has 3 N–H and O–H groups in total. The van der Waals surface area contributed by atoms with Crippen LogP contribution in [-0.4, -0.2) is 30.4 Å². The smallest absolute Gasteiger partial charge is 0.218 e. The van der Waals surface area contributed by atoms with Crippen LogP contribution in [0, 0.1) is 0 Å². The lowest BCUT2D eigenvalue weighted by Gasteiger charge is -2.17. The lowest BCUT2D eigenvalue weighted by molar-refractivity contribution is 0.563.